The van der Waals surface area contributed by atoms with E-state index in [0.717, 1.165) is 17.0 Å². The van der Waals surface area contributed by atoms with Crippen molar-refractivity contribution >= 4 is 22.4 Å². The quantitative estimate of drug-likeness (QED) is 0.770. The maximum Gasteiger partial charge on any atom is 0.257 e. The third-order valence-electron chi connectivity index (χ3n) is 2.99. The van der Waals surface area contributed by atoms with E-state index < -0.39 is 0 Å². The molecule has 0 aliphatic rings. The molecule has 1 aromatic carbocycles. The lowest BCUT2D eigenvalue weighted by Crippen LogP contribution is -2.12. The third kappa shape index (κ3) is 2.48. The molecule has 0 saturated heterocycles. The van der Waals surface area contributed by atoms with Gasteiger partial charge in [0.25, 0.3) is 5.91 Å². The van der Waals surface area contributed by atoms with Crippen LogP contribution >= 0.6 is 11.3 Å². The van der Waals surface area contributed by atoms with Crippen LogP contribution in [0.25, 0.3) is 11.4 Å². The summed E-state index contributed by atoms with van der Waals surface area (Å²) < 4.78 is 0. The molecule has 2 N–H and O–H groups in total. The van der Waals surface area contributed by atoms with Gasteiger partial charge in [-0.1, -0.05) is 18.2 Å². The Morgan fingerprint density at radius 3 is 2.85 bits per heavy atom. The first-order valence-corrected chi connectivity index (χ1v) is 7.08. The molecule has 0 fully saturated rings. The molecule has 0 aliphatic carbocycles. The Balaban J connectivity index is 1.79. The number of aromatic nitrogens is 2. The number of carbonyl (C=O) groups is 1. The number of thiazole rings is 1. The van der Waals surface area contributed by atoms with Crippen LogP contribution in [0, 0.1) is 6.92 Å². The average Bonchev–Trinajstić information content (AvgIpc) is 3.09. The van der Waals surface area contributed by atoms with E-state index >= 15 is 0 Å². The number of aromatic amines is 1. The summed E-state index contributed by atoms with van der Waals surface area (Å²) in [6, 6.07) is 11.4. The molecule has 0 atom stereocenters. The van der Waals surface area contributed by atoms with Crippen LogP contribution in [-0.4, -0.2) is 15.9 Å². The zero-order valence-electron chi connectivity index (χ0n) is 10.9. The zero-order chi connectivity index (χ0) is 13.9. The third-order valence-corrected chi connectivity index (χ3v) is 3.75. The van der Waals surface area contributed by atoms with Crippen LogP contribution in [-0.2, 0) is 0 Å². The van der Waals surface area contributed by atoms with Gasteiger partial charge >= 0.3 is 0 Å². The molecule has 100 valence electrons. The SMILES string of the molecule is Cc1ccccc1C(=O)Nc1nc(-c2ccc[nH]2)cs1. The van der Waals surface area contributed by atoms with Crippen molar-refractivity contribution in [2.24, 2.45) is 0 Å². The second kappa shape index (κ2) is 5.30. The number of amides is 1. The highest BCUT2D eigenvalue weighted by Crippen LogP contribution is 2.24. The molecule has 0 spiro atoms. The van der Waals surface area contributed by atoms with Crippen molar-refractivity contribution in [2.75, 3.05) is 5.32 Å². The van der Waals surface area contributed by atoms with E-state index in [1.807, 2.05) is 54.9 Å². The molecule has 0 saturated carbocycles. The van der Waals surface area contributed by atoms with Gasteiger partial charge in [0.1, 0.15) is 0 Å². The van der Waals surface area contributed by atoms with Gasteiger partial charge in [0.15, 0.2) is 5.13 Å². The predicted molar refractivity (Wildman–Crippen MR) is 81.0 cm³/mol. The first-order valence-electron chi connectivity index (χ1n) is 6.20. The number of H-pyrrole nitrogens is 1. The standard InChI is InChI=1S/C15H13N3OS/c1-10-5-2-3-6-11(10)14(19)18-15-17-13(9-20-15)12-7-4-8-16-12/h2-9,16H,1H3,(H,17,18,19). The fourth-order valence-corrected chi connectivity index (χ4v) is 2.64. The van der Waals surface area contributed by atoms with Crippen LogP contribution in [0.1, 0.15) is 15.9 Å². The normalized spacial score (nSPS) is 10.4. The van der Waals surface area contributed by atoms with Gasteiger partial charge in [-0.15, -0.1) is 11.3 Å². The molecule has 4 nitrogen and oxygen atoms in total. The summed E-state index contributed by atoms with van der Waals surface area (Å²) in [5, 5.41) is 5.35. The van der Waals surface area contributed by atoms with E-state index in [1.54, 1.807) is 0 Å². The summed E-state index contributed by atoms with van der Waals surface area (Å²) in [4.78, 5) is 19.7. The molecule has 0 unspecified atom stereocenters. The van der Waals surface area contributed by atoms with Gasteiger partial charge in [0, 0.05) is 17.1 Å². The molecule has 3 rings (SSSR count). The van der Waals surface area contributed by atoms with Crippen LogP contribution in [0.2, 0.25) is 0 Å². The summed E-state index contributed by atoms with van der Waals surface area (Å²) in [6.07, 6.45) is 1.85. The van der Waals surface area contributed by atoms with Gasteiger partial charge in [-0.3, -0.25) is 10.1 Å². The molecule has 0 aliphatic heterocycles. The largest absolute Gasteiger partial charge is 0.360 e. The predicted octanol–water partition coefficient (Wildman–Crippen LogP) is 3.70. The smallest absolute Gasteiger partial charge is 0.257 e. The number of hydrogen-bond donors (Lipinski definition) is 2. The van der Waals surface area contributed by atoms with Crippen molar-refractivity contribution in [2.45, 2.75) is 6.92 Å². The Hall–Kier alpha value is -2.40. The lowest BCUT2D eigenvalue weighted by atomic mass is 10.1. The molecule has 0 bridgehead atoms. The molecule has 20 heavy (non-hydrogen) atoms. The van der Waals surface area contributed by atoms with Crippen LogP contribution < -0.4 is 5.32 Å². The second-order valence-corrected chi connectivity index (χ2v) is 5.25. The maximum atomic E-state index is 12.2. The highest BCUT2D eigenvalue weighted by atomic mass is 32.1. The van der Waals surface area contributed by atoms with Gasteiger partial charge in [0.2, 0.25) is 0 Å². The van der Waals surface area contributed by atoms with E-state index in [2.05, 4.69) is 15.3 Å². The van der Waals surface area contributed by atoms with Crippen molar-refractivity contribution < 1.29 is 4.79 Å². The van der Waals surface area contributed by atoms with E-state index in [0.29, 0.717) is 10.7 Å². The van der Waals surface area contributed by atoms with E-state index in [9.17, 15) is 4.79 Å². The molecule has 0 radical (unpaired) electrons. The Morgan fingerprint density at radius 2 is 2.10 bits per heavy atom. The number of carbonyl (C=O) groups excluding carboxylic acids is 1. The number of rotatable bonds is 3. The average molecular weight is 283 g/mol. The van der Waals surface area contributed by atoms with Crippen molar-refractivity contribution in [3.63, 3.8) is 0 Å². The number of nitrogens with one attached hydrogen (secondary N) is 2. The minimum absolute atomic E-state index is 0.129. The number of hydrogen-bond acceptors (Lipinski definition) is 3. The fraction of sp³-hybridized carbons (Fsp3) is 0.0667. The Bertz CT molecular complexity index is 731. The second-order valence-electron chi connectivity index (χ2n) is 4.39. The lowest BCUT2D eigenvalue weighted by molar-refractivity contribution is 0.102. The van der Waals surface area contributed by atoms with Crippen LogP contribution in [0.3, 0.4) is 0 Å². The van der Waals surface area contributed by atoms with Crippen LogP contribution in [0.4, 0.5) is 5.13 Å². The molecule has 1 amide bonds. The Labute approximate surface area is 120 Å². The van der Waals surface area contributed by atoms with E-state index in [4.69, 9.17) is 0 Å². The summed E-state index contributed by atoms with van der Waals surface area (Å²) in [5.74, 6) is -0.129. The Morgan fingerprint density at radius 1 is 1.25 bits per heavy atom. The highest BCUT2D eigenvalue weighted by molar-refractivity contribution is 7.14. The van der Waals surface area contributed by atoms with Crippen molar-refractivity contribution in [3.05, 3.63) is 59.1 Å². The first-order chi connectivity index (χ1) is 9.74. The molecular formula is C15H13N3OS. The van der Waals surface area contributed by atoms with E-state index in [-0.39, 0.29) is 5.91 Å². The molecule has 2 aromatic heterocycles. The number of aryl methyl sites for hydroxylation is 1. The lowest BCUT2D eigenvalue weighted by Gasteiger charge is -2.04. The summed E-state index contributed by atoms with van der Waals surface area (Å²) >= 11 is 1.41. The summed E-state index contributed by atoms with van der Waals surface area (Å²) in [5.41, 5.74) is 3.40. The highest BCUT2D eigenvalue weighted by Gasteiger charge is 2.11. The summed E-state index contributed by atoms with van der Waals surface area (Å²) in [6.45, 7) is 1.92. The van der Waals surface area contributed by atoms with Crippen LogP contribution in [0.5, 0.6) is 0 Å². The van der Waals surface area contributed by atoms with Gasteiger partial charge in [-0.25, -0.2) is 4.98 Å². The van der Waals surface area contributed by atoms with Gasteiger partial charge in [0.05, 0.1) is 11.4 Å². The van der Waals surface area contributed by atoms with Gasteiger partial charge in [-0.05, 0) is 30.7 Å². The topological polar surface area (TPSA) is 57.8 Å². The first kappa shape index (κ1) is 12.6. The van der Waals surface area contributed by atoms with Gasteiger partial charge in [-0.2, -0.15) is 0 Å². The Kier molecular flexibility index (Phi) is 3.35. The van der Waals surface area contributed by atoms with Crippen molar-refractivity contribution in [1.82, 2.24) is 9.97 Å². The maximum absolute atomic E-state index is 12.2. The minimum Gasteiger partial charge on any atom is -0.360 e. The molecule has 2 heterocycles. The number of anilines is 1. The molecule has 3 aromatic rings. The number of benzene rings is 1. The minimum atomic E-state index is -0.129. The molecule has 5 heteroatoms. The van der Waals surface area contributed by atoms with Gasteiger partial charge < -0.3 is 4.98 Å². The monoisotopic (exact) mass is 283 g/mol. The molecular weight excluding hydrogens is 270 g/mol. The summed E-state index contributed by atoms with van der Waals surface area (Å²) in [7, 11) is 0. The van der Waals surface area contributed by atoms with Crippen molar-refractivity contribution in [3.8, 4) is 11.4 Å². The van der Waals surface area contributed by atoms with E-state index in [1.165, 1.54) is 11.3 Å². The van der Waals surface area contributed by atoms with Crippen molar-refractivity contribution in [1.29, 1.82) is 0 Å². The zero-order valence-corrected chi connectivity index (χ0v) is 11.7. The van der Waals surface area contributed by atoms with Crippen LogP contribution in [0.15, 0.2) is 48.0 Å². The number of nitrogens with zero attached hydrogens (tertiary/aromatic N) is 1. The fourth-order valence-electron chi connectivity index (χ4n) is 1.94.